The first kappa shape index (κ1) is 19.5. The third-order valence-electron chi connectivity index (χ3n) is 5.00. The highest BCUT2D eigenvalue weighted by Crippen LogP contribution is 2.25. The summed E-state index contributed by atoms with van der Waals surface area (Å²) >= 11 is 0. The second-order valence-electron chi connectivity index (χ2n) is 7.39. The molecule has 0 bridgehead atoms. The molecular formula is C19H24FN7O2. The van der Waals surface area contributed by atoms with Crippen LogP contribution in [0, 0.1) is 0 Å². The maximum atomic E-state index is 13.8. The van der Waals surface area contributed by atoms with Gasteiger partial charge in [-0.3, -0.25) is 0 Å². The van der Waals surface area contributed by atoms with Crippen LogP contribution in [0.4, 0.5) is 22.0 Å². The van der Waals surface area contributed by atoms with E-state index in [4.69, 9.17) is 0 Å². The number of aliphatic hydroxyl groups is 2. The molecule has 3 aromatic rings. The summed E-state index contributed by atoms with van der Waals surface area (Å²) in [5.74, 6) is 2.10. The monoisotopic (exact) mass is 401 g/mol. The summed E-state index contributed by atoms with van der Waals surface area (Å²) in [5.41, 5.74) is 1.57. The second-order valence-corrected chi connectivity index (χ2v) is 7.39. The van der Waals surface area contributed by atoms with Crippen molar-refractivity contribution in [2.45, 2.75) is 45.2 Å². The molecule has 4 heterocycles. The van der Waals surface area contributed by atoms with Gasteiger partial charge in [-0.1, -0.05) is 0 Å². The zero-order valence-electron chi connectivity index (χ0n) is 16.3. The SMILES string of the molecule is CC(C)n1c(CO)nc2cnc(Nc3ccnc(N4CC[C@H](O)[C@H](F)C4)n3)cc21. The first-order valence-corrected chi connectivity index (χ1v) is 9.61. The van der Waals surface area contributed by atoms with Gasteiger partial charge in [0.15, 0.2) is 0 Å². The Bertz CT molecular complexity index is 1010. The topological polar surface area (TPSA) is 112 Å². The summed E-state index contributed by atoms with van der Waals surface area (Å²) < 4.78 is 15.8. The lowest BCUT2D eigenvalue weighted by atomic mass is 10.1. The third kappa shape index (κ3) is 3.85. The Labute approximate surface area is 167 Å². The average Bonchev–Trinajstić information content (AvgIpc) is 3.08. The molecule has 0 spiro atoms. The number of piperidine rings is 1. The van der Waals surface area contributed by atoms with Crippen molar-refractivity contribution in [1.82, 2.24) is 24.5 Å². The van der Waals surface area contributed by atoms with E-state index in [0.717, 1.165) is 5.52 Å². The normalized spacial score (nSPS) is 19.9. The number of pyridine rings is 1. The van der Waals surface area contributed by atoms with Crippen LogP contribution in [-0.2, 0) is 6.61 Å². The Kier molecular flexibility index (Phi) is 5.29. The number of nitrogens with one attached hydrogen (secondary N) is 1. The summed E-state index contributed by atoms with van der Waals surface area (Å²) in [4.78, 5) is 19.2. The minimum absolute atomic E-state index is 0.0618. The van der Waals surface area contributed by atoms with Gasteiger partial charge in [-0.05, 0) is 26.3 Å². The lowest BCUT2D eigenvalue weighted by Gasteiger charge is -2.32. The Morgan fingerprint density at radius 3 is 2.83 bits per heavy atom. The molecule has 0 unspecified atom stereocenters. The van der Waals surface area contributed by atoms with E-state index in [2.05, 4.69) is 25.3 Å². The van der Waals surface area contributed by atoms with E-state index in [1.807, 2.05) is 24.5 Å². The molecule has 1 fully saturated rings. The zero-order chi connectivity index (χ0) is 20.5. The van der Waals surface area contributed by atoms with E-state index in [9.17, 15) is 14.6 Å². The minimum atomic E-state index is -1.31. The van der Waals surface area contributed by atoms with Gasteiger partial charge in [0, 0.05) is 24.8 Å². The summed E-state index contributed by atoms with van der Waals surface area (Å²) in [5, 5.41) is 22.3. The lowest BCUT2D eigenvalue weighted by molar-refractivity contribution is 0.0612. The molecule has 1 aliphatic rings. The van der Waals surface area contributed by atoms with Gasteiger partial charge >= 0.3 is 0 Å². The van der Waals surface area contributed by atoms with Gasteiger partial charge < -0.3 is 25.0 Å². The largest absolute Gasteiger partial charge is 0.390 e. The van der Waals surface area contributed by atoms with E-state index in [-0.39, 0.29) is 19.2 Å². The van der Waals surface area contributed by atoms with Crippen LogP contribution in [0.3, 0.4) is 0 Å². The van der Waals surface area contributed by atoms with Crippen LogP contribution >= 0.6 is 0 Å². The number of fused-ring (bicyclic) bond motifs is 1. The van der Waals surface area contributed by atoms with Crippen LogP contribution in [0.25, 0.3) is 11.0 Å². The second kappa shape index (κ2) is 7.88. The van der Waals surface area contributed by atoms with Crippen LogP contribution < -0.4 is 10.2 Å². The summed E-state index contributed by atoms with van der Waals surface area (Å²) in [6.45, 7) is 4.46. The molecule has 3 N–H and O–H groups in total. The number of imidazole rings is 1. The van der Waals surface area contributed by atoms with Crippen LogP contribution in [0.5, 0.6) is 0 Å². The maximum Gasteiger partial charge on any atom is 0.227 e. The molecule has 3 aromatic heterocycles. The fourth-order valence-electron chi connectivity index (χ4n) is 3.58. The van der Waals surface area contributed by atoms with Crippen molar-refractivity contribution < 1.29 is 14.6 Å². The summed E-state index contributed by atoms with van der Waals surface area (Å²) in [7, 11) is 0. The summed E-state index contributed by atoms with van der Waals surface area (Å²) in [6, 6.07) is 3.70. The molecule has 0 aliphatic carbocycles. The first-order valence-electron chi connectivity index (χ1n) is 9.61. The van der Waals surface area contributed by atoms with Crippen molar-refractivity contribution in [1.29, 1.82) is 0 Å². The van der Waals surface area contributed by atoms with Crippen LogP contribution in [0.15, 0.2) is 24.5 Å². The van der Waals surface area contributed by atoms with Gasteiger partial charge in [-0.25, -0.2) is 19.3 Å². The molecule has 29 heavy (non-hydrogen) atoms. The smallest absolute Gasteiger partial charge is 0.227 e. The van der Waals surface area contributed by atoms with E-state index >= 15 is 0 Å². The summed E-state index contributed by atoms with van der Waals surface area (Å²) in [6.07, 6.45) is 1.34. The number of hydrogen-bond acceptors (Lipinski definition) is 8. The van der Waals surface area contributed by atoms with Gasteiger partial charge in [-0.2, -0.15) is 4.98 Å². The van der Waals surface area contributed by atoms with Crippen molar-refractivity contribution in [3.8, 4) is 0 Å². The lowest BCUT2D eigenvalue weighted by Crippen LogP contribution is -2.45. The third-order valence-corrected chi connectivity index (χ3v) is 5.00. The van der Waals surface area contributed by atoms with Crippen molar-refractivity contribution in [3.05, 3.63) is 30.4 Å². The Balaban J connectivity index is 1.59. The van der Waals surface area contributed by atoms with Crippen molar-refractivity contribution in [3.63, 3.8) is 0 Å². The number of aliphatic hydroxyl groups excluding tert-OH is 2. The number of alkyl halides is 1. The number of rotatable bonds is 5. The number of aromatic nitrogens is 5. The van der Waals surface area contributed by atoms with Crippen molar-refractivity contribution in [2.24, 2.45) is 0 Å². The Morgan fingerprint density at radius 2 is 2.10 bits per heavy atom. The number of anilines is 3. The minimum Gasteiger partial charge on any atom is -0.390 e. The predicted molar refractivity (Wildman–Crippen MR) is 107 cm³/mol. The van der Waals surface area contributed by atoms with Gasteiger partial charge in [-0.15, -0.1) is 0 Å². The highest BCUT2D eigenvalue weighted by atomic mass is 19.1. The Hall–Kier alpha value is -2.85. The fraction of sp³-hybridized carbons (Fsp3) is 0.474. The molecule has 0 radical (unpaired) electrons. The first-order chi connectivity index (χ1) is 14.0. The van der Waals surface area contributed by atoms with Gasteiger partial charge in [0.25, 0.3) is 0 Å². The van der Waals surface area contributed by atoms with Crippen LogP contribution in [0.1, 0.15) is 32.1 Å². The van der Waals surface area contributed by atoms with E-state index in [1.54, 1.807) is 23.4 Å². The fourth-order valence-corrected chi connectivity index (χ4v) is 3.58. The molecule has 0 aromatic carbocycles. The quantitative estimate of drug-likeness (QED) is 0.595. The predicted octanol–water partition coefficient (Wildman–Crippen LogP) is 1.95. The Morgan fingerprint density at radius 1 is 1.28 bits per heavy atom. The molecule has 10 heteroatoms. The van der Waals surface area contributed by atoms with E-state index in [1.165, 1.54) is 0 Å². The molecule has 2 atom stereocenters. The van der Waals surface area contributed by atoms with E-state index in [0.29, 0.717) is 41.9 Å². The van der Waals surface area contributed by atoms with Crippen molar-refractivity contribution in [2.75, 3.05) is 23.3 Å². The maximum absolute atomic E-state index is 13.8. The standard InChI is InChI=1S/C19H24FN7O2/c1-11(2)27-14-7-17(22-8-13(14)23-18(27)10-28)24-16-3-5-21-19(25-16)26-6-4-15(29)12(20)9-26/h3,5,7-8,11-12,15,28-29H,4,6,9-10H2,1-2H3,(H,21,22,24,25)/t12-,15+/m1/s1. The van der Waals surface area contributed by atoms with Crippen LogP contribution in [0.2, 0.25) is 0 Å². The average molecular weight is 401 g/mol. The van der Waals surface area contributed by atoms with Gasteiger partial charge in [0.2, 0.25) is 5.95 Å². The van der Waals surface area contributed by atoms with Crippen molar-refractivity contribution >= 4 is 28.6 Å². The molecule has 0 amide bonds. The highest BCUT2D eigenvalue weighted by molar-refractivity contribution is 5.79. The molecule has 1 saturated heterocycles. The number of hydrogen-bond donors (Lipinski definition) is 3. The number of nitrogens with zero attached hydrogens (tertiary/aromatic N) is 6. The zero-order valence-corrected chi connectivity index (χ0v) is 16.3. The van der Waals surface area contributed by atoms with Gasteiger partial charge in [0.05, 0.1) is 24.4 Å². The van der Waals surface area contributed by atoms with Gasteiger partial charge in [0.1, 0.15) is 35.8 Å². The molecule has 9 nitrogen and oxygen atoms in total. The molecule has 0 saturated carbocycles. The van der Waals surface area contributed by atoms with Crippen LogP contribution in [-0.4, -0.2) is 60.1 Å². The number of halogens is 1. The molecule has 1 aliphatic heterocycles. The molecule has 154 valence electrons. The molecule has 4 rings (SSSR count). The molecular weight excluding hydrogens is 377 g/mol. The highest BCUT2D eigenvalue weighted by Gasteiger charge is 2.28. The van der Waals surface area contributed by atoms with E-state index < -0.39 is 12.3 Å².